The van der Waals surface area contributed by atoms with Crippen molar-refractivity contribution in [1.82, 2.24) is 15.0 Å². The Morgan fingerprint density at radius 3 is 2.07 bits per heavy atom. The van der Waals surface area contributed by atoms with Gasteiger partial charge in [0.2, 0.25) is 0 Å². The number of rotatable bonds is 4. The van der Waals surface area contributed by atoms with Crippen LogP contribution in [0, 0.1) is 0 Å². The first-order chi connectivity index (χ1) is 29.7. The molecule has 0 amide bonds. The van der Waals surface area contributed by atoms with E-state index in [4.69, 9.17) is 29.3 Å². The summed E-state index contributed by atoms with van der Waals surface area (Å²) in [4.78, 5) is 15.5. The van der Waals surface area contributed by atoms with Crippen LogP contribution in [0.4, 0.5) is 0 Å². The predicted molar refractivity (Wildman–Crippen MR) is 227 cm³/mol. The van der Waals surface area contributed by atoms with Crippen LogP contribution < -0.4 is 0 Å². The summed E-state index contributed by atoms with van der Waals surface area (Å²) < 4.78 is 68.8. The fourth-order valence-corrected chi connectivity index (χ4v) is 8.96. The van der Waals surface area contributed by atoms with Gasteiger partial charge in [-0.15, -0.1) is 11.3 Å². The third-order valence-corrected chi connectivity index (χ3v) is 11.4. The molecule has 0 N–H and O–H groups in total. The Morgan fingerprint density at radius 2 is 1.18 bits per heavy atom. The van der Waals surface area contributed by atoms with Gasteiger partial charge in [0, 0.05) is 64.0 Å². The zero-order valence-corrected chi connectivity index (χ0v) is 29.5. The van der Waals surface area contributed by atoms with Crippen LogP contribution in [0.5, 0.6) is 0 Å². The number of aromatic nitrogens is 3. The highest BCUT2D eigenvalue weighted by atomic mass is 32.1. The standard InChI is InChI=1S/C49H27N3O2S/c1-2-12-29-27-30(24-23-28(29)11-1)47-50-48(36-17-10-22-42-44(36)35-15-5-8-21-41(35)55-42)52-49(51-47)37-26-25-32(46-45(37)34-14-4-7-19-39(34)54-46)31-16-9-20-40-43(31)33-13-3-6-18-38(33)53-40/h1-27H/i3D,4D,16D,18D,19D,26D. The summed E-state index contributed by atoms with van der Waals surface area (Å²) in [6, 6.07) is 39.8. The van der Waals surface area contributed by atoms with Crippen molar-refractivity contribution in [3.63, 3.8) is 0 Å². The van der Waals surface area contributed by atoms with Crippen LogP contribution in [0.15, 0.2) is 172 Å². The van der Waals surface area contributed by atoms with Gasteiger partial charge >= 0.3 is 0 Å². The molecular formula is C49H27N3O2S. The van der Waals surface area contributed by atoms with E-state index in [1.54, 1.807) is 41.7 Å². The highest BCUT2D eigenvalue weighted by molar-refractivity contribution is 7.25. The van der Waals surface area contributed by atoms with E-state index >= 15 is 0 Å². The molecule has 12 aromatic rings. The third kappa shape index (κ3) is 4.62. The van der Waals surface area contributed by atoms with Crippen LogP contribution in [0.3, 0.4) is 0 Å². The van der Waals surface area contributed by atoms with Crippen molar-refractivity contribution in [3.05, 3.63) is 164 Å². The molecule has 0 atom stereocenters. The van der Waals surface area contributed by atoms with Gasteiger partial charge in [-0.3, -0.25) is 0 Å². The maximum atomic E-state index is 9.87. The van der Waals surface area contributed by atoms with Gasteiger partial charge in [-0.2, -0.15) is 0 Å². The molecule has 0 bridgehead atoms. The monoisotopic (exact) mass is 727 g/mol. The zero-order chi connectivity index (χ0) is 41.3. The Bertz CT molecular complexity index is 3870. The summed E-state index contributed by atoms with van der Waals surface area (Å²) in [5.74, 6) is 1.01. The Morgan fingerprint density at radius 1 is 0.436 bits per heavy atom. The molecule has 0 radical (unpaired) electrons. The van der Waals surface area contributed by atoms with Crippen molar-refractivity contribution >= 4 is 86.2 Å². The molecule has 0 aliphatic carbocycles. The summed E-state index contributed by atoms with van der Waals surface area (Å²) >= 11 is 1.69. The van der Waals surface area contributed by atoms with E-state index in [2.05, 4.69) is 18.2 Å². The van der Waals surface area contributed by atoms with Crippen LogP contribution in [0.25, 0.3) is 120 Å². The smallest absolute Gasteiger partial charge is 0.164 e. The van der Waals surface area contributed by atoms with Crippen molar-refractivity contribution in [3.8, 4) is 45.3 Å². The molecule has 4 aromatic heterocycles. The van der Waals surface area contributed by atoms with Crippen molar-refractivity contribution in [2.45, 2.75) is 0 Å². The summed E-state index contributed by atoms with van der Waals surface area (Å²) in [7, 11) is 0. The molecule has 4 heterocycles. The van der Waals surface area contributed by atoms with Crippen LogP contribution in [0.2, 0.25) is 0 Å². The molecule has 0 aliphatic heterocycles. The lowest BCUT2D eigenvalue weighted by molar-refractivity contribution is 0.668. The Hall–Kier alpha value is -7.15. The second kappa shape index (κ2) is 11.7. The number of furan rings is 2. The van der Waals surface area contributed by atoms with Gasteiger partial charge in [0.15, 0.2) is 17.5 Å². The number of hydrogen-bond donors (Lipinski definition) is 0. The maximum Gasteiger partial charge on any atom is 0.164 e. The number of fused-ring (bicyclic) bond motifs is 10. The van der Waals surface area contributed by atoms with Crippen molar-refractivity contribution < 1.29 is 17.1 Å². The van der Waals surface area contributed by atoms with Gasteiger partial charge in [-0.25, -0.2) is 15.0 Å². The molecule has 5 nitrogen and oxygen atoms in total. The van der Waals surface area contributed by atoms with Crippen LogP contribution in [0.1, 0.15) is 8.22 Å². The molecule has 0 spiro atoms. The van der Waals surface area contributed by atoms with E-state index in [1.165, 1.54) is 12.1 Å². The van der Waals surface area contributed by atoms with Gasteiger partial charge < -0.3 is 8.83 Å². The number of hydrogen-bond acceptors (Lipinski definition) is 6. The Labute approximate surface area is 326 Å². The zero-order valence-electron chi connectivity index (χ0n) is 34.7. The van der Waals surface area contributed by atoms with Crippen LogP contribution in [-0.2, 0) is 0 Å². The third-order valence-electron chi connectivity index (χ3n) is 10.3. The number of para-hydroxylation sites is 2. The summed E-state index contributed by atoms with van der Waals surface area (Å²) in [5.41, 5.74) is 3.79. The molecule has 256 valence electrons. The number of thiophene rings is 1. The van der Waals surface area contributed by atoms with Gasteiger partial charge in [0.25, 0.3) is 0 Å². The fraction of sp³-hybridized carbons (Fsp3) is 0. The Balaban J connectivity index is 1.21. The minimum atomic E-state index is -0.0119. The molecule has 0 saturated heterocycles. The van der Waals surface area contributed by atoms with E-state index in [9.17, 15) is 2.74 Å². The largest absolute Gasteiger partial charge is 0.456 e. The van der Waals surface area contributed by atoms with Gasteiger partial charge in [-0.1, -0.05) is 115 Å². The Kier molecular flexibility index (Phi) is 5.30. The van der Waals surface area contributed by atoms with Crippen molar-refractivity contribution in [2.24, 2.45) is 0 Å². The molecule has 8 aromatic carbocycles. The molecule has 0 aliphatic rings. The van der Waals surface area contributed by atoms with Crippen LogP contribution >= 0.6 is 11.3 Å². The average molecular weight is 728 g/mol. The number of nitrogens with zero attached hydrogens (tertiary/aromatic N) is 3. The highest BCUT2D eigenvalue weighted by Crippen LogP contribution is 2.45. The van der Waals surface area contributed by atoms with E-state index in [0.29, 0.717) is 55.5 Å². The SMILES string of the molecule is [2H]c1cc([2H])c2oc3ccc([2H])c(-c4cc([2H])c(-c5nc(-c6ccc7ccccc7c6)nc(-c6cccc7sc8ccccc8c67)n5)c5c4oc4c([2H])cc([2H])cc45)c3c2c1. The molecule has 6 heteroatoms. The van der Waals surface area contributed by atoms with Gasteiger partial charge in [-0.05, 0) is 64.8 Å². The molecule has 0 fully saturated rings. The summed E-state index contributed by atoms with van der Waals surface area (Å²) in [5, 5.41) is 5.99. The molecule has 0 saturated carbocycles. The molecular weight excluding hydrogens is 695 g/mol. The topological polar surface area (TPSA) is 65.0 Å². The second-order valence-electron chi connectivity index (χ2n) is 13.4. The maximum absolute atomic E-state index is 9.87. The van der Waals surface area contributed by atoms with E-state index in [0.717, 1.165) is 42.1 Å². The predicted octanol–water partition coefficient (Wildman–Crippen LogP) is 13.9. The van der Waals surface area contributed by atoms with Gasteiger partial charge in [0.1, 0.15) is 22.3 Å². The first kappa shape index (κ1) is 25.0. The lowest BCUT2D eigenvalue weighted by Crippen LogP contribution is -2.01. The first-order valence-corrected chi connectivity index (χ1v) is 18.6. The number of benzene rings is 8. The van der Waals surface area contributed by atoms with E-state index in [-0.39, 0.29) is 58.8 Å². The van der Waals surface area contributed by atoms with Crippen molar-refractivity contribution in [1.29, 1.82) is 0 Å². The summed E-state index contributed by atoms with van der Waals surface area (Å²) in [6.07, 6.45) is 0. The minimum Gasteiger partial charge on any atom is -0.456 e. The van der Waals surface area contributed by atoms with E-state index < -0.39 is 0 Å². The summed E-state index contributed by atoms with van der Waals surface area (Å²) in [6.45, 7) is 0. The molecule has 0 unspecified atom stereocenters. The van der Waals surface area contributed by atoms with Gasteiger partial charge in [0.05, 0.1) is 8.22 Å². The molecule has 55 heavy (non-hydrogen) atoms. The lowest BCUT2D eigenvalue weighted by Gasteiger charge is -2.12. The van der Waals surface area contributed by atoms with E-state index in [1.807, 2.05) is 66.7 Å². The lowest BCUT2D eigenvalue weighted by atomic mass is 9.95. The van der Waals surface area contributed by atoms with Crippen molar-refractivity contribution in [2.75, 3.05) is 0 Å². The second-order valence-corrected chi connectivity index (χ2v) is 14.5. The quantitative estimate of drug-likeness (QED) is 0.181. The normalized spacial score (nSPS) is 13.5. The fourth-order valence-electron chi connectivity index (χ4n) is 7.83. The van der Waals surface area contributed by atoms with Crippen LogP contribution in [-0.4, -0.2) is 15.0 Å². The minimum absolute atomic E-state index is 0.0119. The highest BCUT2D eigenvalue weighted by Gasteiger charge is 2.23. The first-order valence-electron chi connectivity index (χ1n) is 20.8. The average Bonchev–Trinajstić information content (AvgIpc) is 3.95. The molecule has 12 rings (SSSR count).